The number of ether oxygens (including phenoxy) is 1. The fourth-order valence-corrected chi connectivity index (χ4v) is 2.18. The van der Waals surface area contributed by atoms with E-state index in [1.807, 2.05) is 43.3 Å². The zero-order chi connectivity index (χ0) is 16.1. The van der Waals surface area contributed by atoms with Gasteiger partial charge in [-0.1, -0.05) is 31.2 Å². The van der Waals surface area contributed by atoms with Crippen molar-refractivity contribution in [3.63, 3.8) is 0 Å². The number of benzene rings is 2. The van der Waals surface area contributed by atoms with Gasteiger partial charge < -0.3 is 9.64 Å². The number of hydrogen-bond acceptors (Lipinski definition) is 3. The Morgan fingerprint density at radius 2 is 1.45 bits per heavy atom. The number of anilines is 1. The van der Waals surface area contributed by atoms with Crippen LogP contribution in [0, 0.1) is 0 Å². The third kappa shape index (κ3) is 3.34. The van der Waals surface area contributed by atoms with Crippen molar-refractivity contribution in [1.82, 2.24) is 0 Å². The Labute approximate surface area is 130 Å². The van der Waals surface area contributed by atoms with Crippen LogP contribution < -0.4 is 4.90 Å². The van der Waals surface area contributed by atoms with E-state index in [0.717, 1.165) is 16.8 Å². The van der Waals surface area contributed by atoms with Crippen LogP contribution in [-0.4, -0.2) is 26.0 Å². The van der Waals surface area contributed by atoms with Crippen molar-refractivity contribution in [2.75, 3.05) is 19.1 Å². The van der Waals surface area contributed by atoms with E-state index in [2.05, 4.69) is 4.74 Å². The lowest BCUT2D eigenvalue weighted by Crippen LogP contribution is -2.24. The van der Waals surface area contributed by atoms with Crippen molar-refractivity contribution < 1.29 is 14.3 Å². The summed E-state index contributed by atoms with van der Waals surface area (Å²) in [4.78, 5) is 24.7. The smallest absolute Gasteiger partial charge is 0.337 e. The number of carbonyl (C=O) groups excluding carboxylic acids is 2. The van der Waals surface area contributed by atoms with Gasteiger partial charge in [0.2, 0.25) is 5.91 Å². The zero-order valence-corrected chi connectivity index (χ0v) is 13.0. The van der Waals surface area contributed by atoms with Crippen LogP contribution in [0.1, 0.15) is 23.7 Å². The molecular formula is C18H19NO3. The van der Waals surface area contributed by atoms with Crippen molar-refractivity contribution in [3.05, 3.63) is 54.1 Å². The summed E-state index contributed by atoms with van der Waals surface area (Å²) in [5.74, 6) is -0.267. The lowest BCUT2D eigenvalue weighted by molar-refractivity contribution is -0.118. The molecule has 2 aromatic rings. The van der Waals surface area contributed by atoms with Gasteiger partial charge >= 0.3 is 5.97 Å². The summed E-state index contributed by atoms with van der Waals surface area (Å²) in [7, 11) is 3.13. The first-order chi connectivity index (χ1) is 10.6. The second-order valence-electron chi connectivity index (χ2n) is 4.92. The maximum atomic E-state index is 11.7. The van der Waals surface area contributed by atoms with Crippen LogP contribution in [0.5, 0.6) is 0 Å². The summed E-state index contributed by atoms with van der Waals surface area (Å²) in [6, 6.07) is 15.0. The third-order valence-electron chi connectivity index (χ3n) is 3.57. The Balaban J connectivity index is 2.20. The van der Waals surface area contributed by atoms with E-state index < -0.39 is 0 Å². The Bertz CT molecular complexity index is 660. The van der Waals surface area contributed by atoms with Gasteiger partial charge in [-0.05, 0) is 35.4 Å². The van der Waals surface area contributed by atoms with Crippen molar-refractivity contribution in [2.45, 2.75) is 13.3 Å². The monoisotopic (exact) mass is 297 g/mol. The molecule has 0 N–H and O–H groups in total. The van der Waals surface area contributed by atoms with Gasteiger partial charge in [-0.25, -0.2) is 4.79 Å². The fraction of sp³-hybridized carbons (Fsp3) is 0.222. The first kappa shape index (κ1) is 15.8. The summed E-state index contributed by atoms with van der Waals surface area (Å²) in [5, 5.41) is 0. The number of amides is 1. The van der Waals surface area contributed by atoms with Crippen LogP contribution >= 0.6 is 0 Å². The molecule has 0 radical (unpaired) electrons. The van der Waals surface area contributed by atoms with Gasteiger partial charge in [-0.2, -0.15) is 0 Å². The Morgan fingerprint density at radius 3 is 1.91 bits per heavy atom. The molecule has 0 bridgehead atoms. The summed E-state index contributed by atoms with van der Waals surface area (Å²) in [6.07, 6.45) is 0.479. The van der Waals surface area contributed by atoms with Crippen molar-refractivity contribution in [1.29, 1.82) is 0 Å². The molecule has 0 aliphatic heterocycles. The summed E-state index contributed by atoms with van der Waals surface area (Å²) < 4.78 is 4.68. The highest BCUT2D eigenvalue weighted by Crippen LogP contribution is 2.23. The lowest BCUT2D eigenvalue weighted by atomic mass is 10.0. The Morgan fingerprint density at radius 1 is 0.955 bits per heavy atom. The molecule has 22 heavy (non-hydrogen) atoms. The maximum Gasteiger partial charge on any atom is 0.337 e. The van der Waals surface area contributed by atoms with E-state index in [1.165, 1.54) is 7.11 Å². The van der Waals surface area contributed by atoms with Crippen molar-refractivity contribution >= 4 is 17.6 Å². The third-order valence-corrected chi connectivity index (χ3v) is 3.57. The molecule has 114 valence electrons. The van der Waals surface area contributed by atoms with Crippen LogP contribution in [0.15, 0.2) is 48.5 Å². The lowest BCUT2D eigenvalue weighted by Gasteiger charge is -2.16. The van der Waals surface area contributed by atoms with E-state index in [0.29, 0.717) is 12.0 Å². The number of hydrogen-bond donors (Lipinski definition) is 0. The molecule has 0 atom stereocenters. The molecule has 0 saturated heterocycles. The largest absolute Gasteiger partial charge is 0.465 e. The fourth-order valence-electron chi connectivity index (χ4n) is 2.18. The highest BCUT2D eigenvalue weighted by molar-refractivity contribution is 5.93. The summed E-state index contributed by atoms with van der Waals surface area (Å²) in [5.41, 5.74) is 3.42. The predicted octanol–water partition coefficient (Wildman–Crippen LogP) is 3.51. The molecule has 0 aromatic heterocycles. The van der Waals surface area contributed by atoms with Gasteiger partial charge in [0.25, 0.3) is 0 Å². The summed E-state index contributed by atoms with van der Waals surface area (Å²) in [6.45, 7) is 1.84. The second kappa shape index (κ2) is 6.89. The van der Waals surface area contributed by atoms with E-state index in [-0.39, 0.29) is 11.9 Å². The highest BCUT2D eigenvalue weighted by Gasteiger charge is 2.09. The maximum absolute atomic E-state index is 11.7. The minimum absolute atomic E-state index is 0.0789. The van der Waals surface area contributed by atoms with Crippen LogP contribution in [0.25, 0.3) is 11.1 Å². The number of rotatable bonds is 4. The van der Waals surface area contributed by atoms with Crippen molar-refractivity contribution in [2.24, 2.45) is 0 Å². The van der Waals surface area contributed by atoms with Gasteiger partial charge in [0.05, 0.1) is 12.7 Å². The molecule has 0 spiro atoms. The van der Waals surface area contributed by atoms with E-state index in [9.17, 15) is 9.59 Å². The second-order valence-corrected chi connectivity index (χ2v) is 4.92. The van der Waals surface area contributed by atoms with Gasteiger partial charge in [-0.3, -0.25) is 4.79 Å². The molecule has 4 heteroatoms. The SMILES string of the molecule is CCC(=O)N(C)c1ccc(-c2ccc(C(=O)OC)cc2)cc1. The molecule has 0 heterocycles. The van der Waals surface area contributed by atoms with Gasteiger partial charge in [0, 0.05) is 19.2 Å². The Hall–Kier alpha value is -2.62. The predicted molar refractivity (Wildman–Crippen MR) is 86.9 cm³/mol. The molecule has 1 amide bonds. The van der Waals surface area contributed by atoms with E-state index in [1.54, 1.807) is 24.1 Å². The molecule has 4 nitrogen and oxygen atoms in total. The molecular weight excluding hydrogens is 278 g/mol. The quantitative estimate of drug-likeness (QED) is 0.811. The standard InChI is InChI=1S/C18H19NO3/c1-4-17(20)19(2)16-11-9-14(10-12-16)13-5-7-15(8-6-13)18(21)22-3/h5-12H,4H2,1-3H3. The summed E-state index contributed by atoms with van der Waals surface area (Å²) >= 11 is 0. The van der Waals surface area contributed by atoms with Crippen molar-refractivity contribution in [3.8, 4) is 11.1 Å². The number of esters is 1. The zero-order valence-electron chi connectivity index (χ0n) is 13.0. The molecule has 0 aliphatic carbocycles. The minimum Gasteiger partial charge on any atom is -0.465 e. The molecule has 2 rings (SSSR count). The van der Waals surface area contributed by atoms with Crippen LogP contribution in [-0.2, 0) is 9.53 Å². The number of nitrogens with zero attached hydrogens (tertiary/aromatic N) is 1. The average molecular weight is 297 g/mol. The van der Waals surface area contributed by atoms with E-state index in [4.69, 9.17) is 0 Å². The normalized spacial score (nSPS) is 10.1. The van der Waals surface area contributed by atoms with Crippen LogP contribution in [0.4, 0.5) is 5.69 Å². The number of carbonyl (C=O) groups is 2. The van der Waals surface area contributed by atoms with Gasteiger partial charge in [0.1, 0.15) is 0 Å². The highest BCUT2D eigenvalue weighted by atomic mass is 16.5. The topological polar surface area (TPSA) is 46.6 Å². The minimum atomic E-state index is -0.346. The molecule has 0 saturated carbocycles. The van der Waals surface area contributed by atoms with Gasteiger partial charge in [0.15, 0.2) is 0 Å². The van der Waals surface area contributed by atoms with Crippen LogP contribution in [0.2, 0.25) is 0 Å². The Kier molecular flexibility index (Phi) is 4.94. The first-order valence-electron chi connectivity index (χ1n) is 7.12. The molecule has 0 aliphatic rings. The molecule has 0 fully saturated rings. The van der Waals surface area contributed by atoms with E-state index >= 15 is 0 Å². The average Bonchev–Trinajstić information content (AvgIpc) is 2.60. The first-order valence-corrected chi connectivity index (χ1v) is 7.12. The molecule has 0 unspecified atom stereocenters. The van der Waals surface area contributed by atoms with Gasteiger partial charge in [-0.15, -0.1) is 0 Å². The van der Waals surface area contributed by atoms with Crippen LogP contribution in [0.3, 0.4) is 0 Å². The number of methoxy groups -OCH3 is 1. The molecule has 2 aromatic carbocycles.